The van der Waals surface area contributed by atoms with Crippen LogP contribution in [0.25, 0.3) is 11.0 Å². The highest BCUT2D eigenvalue weighted by Crippen LogP contribution is 2.25. The third-order valence-corrected chi connectivity index (χ3v) is 4.94. The molecule has 2 aromatic rings. The normalized spacial score (nSPS) is 16.0. The van der Waals surface area contributed by atoms with Crippen molar-refractivity contribution in [3.63, 3.8) is 0 Å². The van der Waals surface area contributed by atoms with Crippen molar-refractivity contribution in [2.24, 2.45) is 0 Å². The van der Waals surface area contributed by atoms with E-state index in [4.69, 9.17) is 10.5 Å². The minimum absolute atomic E-state index is 0.205. The summed E-state index contributed by atoms with van der Waals surface area (Å²) in [6.07, 6.45) is 6.14. The van der Waals surface area contributed by atoms with E-state index in [1.165, 1.54) is 24.9 Å². The number of aromatic nitrogens is 3. The molecule has 2 N–H and O–H groups in total. The van der Waals surface area contributed by atoms with E-state index in [2.05, 4.69) is 9.36 Å². The second-order valence-electron chi connectivity index (χ2n) is 4.79. The monoisotopic (exact) mass is 362 g/mol. The number of allylic oxidation sites excluding steroid dienone is 4. The molecule has 9 heteroatoms. The molecule has 0 unspecified atom stereocenters. The number of ketones is 1. The van der Waals surface area contributed by atoms with Gasteiger partial charge in [0.05, 0.1) is 12.7 Å². The molecule has 0 saturated heterocycles. The van der Waals surface area contributed by atoms with Crippen molar-refractivity contribution in [1.29, 1.82) is 0 Å². The van der Waals surface area contributed by atoms with Crippen molar-refractivity contribution in [3.05, 3.63) is 45.5 Å². The van der Waals surface area contributed by atoms with Crippen LogP contribution in [-0.4, -0.2) is 32.4 Å². The topological polar surface area (TPSA) is 99.6 Å². The first-order valence-corrected chi connectivity index (χ1v) is 8.81. The molecule has 24 heavy (non-hydrogen) atoms. The highest BCUT2D eigenvalue weighted by atomic mass is 32.2. The van der Waals surface area contributed by atoms with Gasteiger partial charge in [-0.15, -0.1) is 0 Å². The number of hydrogen-bond donors (Lipinski definition) is 1. The third-order valence-electron chi connectivity index (χ3n) is 3.30. The smallest absolute Gasteiger partial charge is 0.283 e. The quantitative estimate of drug-likeness (QED) is 0.829. The van der Waals surface area contributed by atoms with Gasteiger partial charge in [0.25, 0.3) is 5.56 Å². The molecule has 0 amide bonds. The SMILES string of the molecule is CCSc1nsc2nc(=O)c(C=C3C=CC(=O)C(OC)=C3)c(N)n12. The van der Waals surface area contributed by atoms with Crippen LogP contribution in [0.1, 0.15) is 12.5 Å². The van der Waals surface area contributed by atoms with Crippen LogP contribution in [0.5, 0.6) is 0 Å². The van der Waals surface area contributed by atoms with Gasteiger partial charge >= 0.3 is 0 Å². The van der Waals surface area contributed by atoms with Crippen LogP contribution >= 0.6 is 23.3 Å². The summed E-state index contributed by atoms with van der Waals surface area (Å²) in [7, 11) is 1.42. The van der Waals surface area contributed by atoms with Gasteiger partial charge in [-0.2, -0.15) is 9.36 Å². The minimum Gasteiger partial charge on any atom is -0.493 e. The number of fused-ring (bicyclic) bond motifs is 1. The number of methoxy groups -OCH3 is 1. The average Bonchev–Trinajstić information content (AvgIpc) is 2.96. The second-order valence-corrected chi connectivity index (χ2v) is 6.75. The fourth-order valence-electron chi connectivity index (χ4n) is 2.19. The lowest BCUT2D eigenvalue weighted by atomic mass is 10.0. The van der Waals surface area contributed by atoms with E-state index in [-0.39, 0.29) is 22.9 Å². The fourth-order valence-corrected chi connectivity index (χ4v) is 3.78. The number of thioether (sulfide) groups is 1. The first kappa shape index (κ1) is 16.5. The standard InChI is InChI=1S/C15H14N4O3S2/c1-3-23-15-18-24-14-17-13(21)9(12(16)19(14)15)6-8-4-5-10(20)11(7-8)22-2/h4-7H,3,16H2,1-2H3. The summed E-state index contributed by atoms with van der Waals surface area (Å²) in [4.78, 5) is 28.4. The van der Waals surface area contributed by atoms with Gasteiger partial charge in [-0.05, 0) is 29.6 Å². The number of carbonyl (C=O) groups is 1. The highest BCUT2D eigenvalue weighted by Gasteiger charge is 2.16. The third kappa shape index (κ3) is 2.87. The molecule has 0 aliphatic heterocycles. The van der Waals surface area contributed by atoms with E-state index < -0.39 is 5.56 Å². The average molecular weight is 362 g/mol. The molecule has 0 spiro atoms. The molecule has 7 nitrogen and oxygen atoms in total. The van der Waals surface area contributed by atoms with Crippen LogP contribution in [0.4, 0.5) is 5.82 Å². The largest absolute Gasteiger partial charge is 0.493 e. The Kier molecular flexibility index (Phi) is 4.54. The summed E-state index contributed by atoms with van der Waals surface area (Å²) in [5, 5.41) is 0.699. The van der Waals surface area contributed by atoms with Crippen LogP contribution < -0.4 is 11.3 Å². The Hall–Kier alpha value is -2.39. The molecule has 0 fully saturated rings. The summed E-state index contributed by atoms with van der Waals surface area (Å²) in [6.45, 7) is 2.01. The van der Waals surface area contributed by atoms with E-state index in [0.717, 1.165) is 17.3 Å². The number of rotatable bonds is 4. The van der Waals surface area contributed by atoms with Gasteiger partial charge in [-0.1, -0.05) is 24.8 Å². The van der Waals surface area contributed by atoms with Crippen molar-refractivity contribution < 1.29 is 9.53 Å². The molecule has 2 heterocycles. The van der Waals surface area contributed by atoms with E-state index >= 15 is 0 Å². The molecule has 0 radical (unpaired) electrons. The minimum atomic E-state index is -0.436. The van der Waals surface area contributed by atoms with E-state index in [9.17, 15) is 9.59 Å². The van der Waals surface area contributed by atoms with Crippen molar-refractivity contribution in [2.75, 3.05) is 18.6 Å². The molecule has 3 rings (SSSR count). The van der Waals surface area contributed by atoms with Gasteiger partial charge in [0, 0.05) is 11.5 Å². The van der Waals surface area contributed by atoms with Crippen LogP contribution in [0.2, 0.25) is 0 Å². The number of nitrogens with two attached hydrogens (primary N) is 1. The zero-order valence-electron chi connectivity index (χ0n) is 13.0. The summed E-state index contributed by atoms with van der Waals surface area (Å²) in [5.41, 5.74) is 6.65. The molecular weight excluding hydrogens is 348 g/mol. The van der Waals surface area contributed by atoms with Gasteiger partial charge in [0.15, 0.2) is 10.9 Å². The lowest BCUT2D eigenvalue weighted by molar-refractivity contribution is -0.114. The molecule has 0 saturated carbocycles. The Balaban J connectivity index is 2.16. The number of nitrogens with zero attached hydrogens (tertiary/aromatic N) is 3. The number of nitrogen functional groups attached to an aromatic ring is 1. The maximum atomic E-state index is 12.3. The Morgan fingerprint density at radius 1 is 1.42 bits per heavy atom. The van der Waals surface area contributed by atoms with Gasteiger partial charge in [0.1, 0.15) is 5.82 Å². The van der Waals surface area contributed by atoms with Crippen LogP contribution in [0, 0.1) is 0 Å². The van der Waals surface area contributed by atoms with Gasteiger partial charge in [-0.25, -0.2) is 4.40 Å². The summed E-state index contributed by atoms with van der Waals surface area (Å²) in [6, 6.07) is 0. The van der Waals surface area contributed by atoms with Crippen LogP contribution in [-0.2, 0) is 9.53 Å². The molecular formula is C15H14N4O3S2. The maximum absolute atomic E-state index is 12.3. The van der Waals surface area contributed by atoms with Crippen molar-refractivity contribution >= 4 is 45.9 Å². The molecule has 124 valence electrons. The fraction of sp³-hybridized carbons (Fsp3) is 0.200. The molecule has 0 atom stereocenters. The molecule has 1 aliphatic carbocycles. The lowest BCUT2D eigenvalue weighted by Crippen LogP contribution is -2.16. The highest BCUT2D eigenvalue weighted by molar-refractivity contribution is 7.99. The molecule has 0 aromatic carbocycles. The van der Waals surface area contributed by atoms with E-state index in [1.807, 2.05) is 6.92 Å². The van der Waals surface area contributed by atoms with E-state index in [1.54, 1.807) is 22.6 Å². The number of carbonyl (C=O) groups excluding carboxylic acids is 1. The van der Waals surface area contributed by atoms with Crippen LogP contribution in [0.15, 0.2) is 39.5 Å². The Labute approximate surface area is 145 Å². The zero-order valence-corrected chi connectivity index (χ0v) is 14.6. The first-order chi connectivity index (χ1) is 11.5. The number of anilines is 1. The van der Waals surface area contributed by atoms with Gasteiger partial charge < -0.3 is 10.5 Å². The van der Waals surface area contributed by atoms with Crippen LogP contribution in [0.3, 0.4) is 0 Å². The summed E-state index contributed by atoms with van der Waals surface area (Å²) >= 11 is 2.65. The van der Waals surface area contributed by atoms with Crippen molar-refractivity contribution in [1.82, 2.24) is 13.8 Å². The molecule has 0 bridgehead atoms. The molecule has 1 aliphatic rings. The van der Waals surface area contributed by atoms with Gasteiger partial charge in [0.2, 0.25) is 10.7 Å². The first-order valence-electron chi connectivity index (χ1n) is 7.05. The second kappa shape index (κ2) is 6.62. The number of hydrogen-bond acceptors (Lipinski definition) is 8. The maximum Gasteiger partial charge on any atom is 0.283 e. The van der Waals surface area contributed by atoms with Gasteiger partial charge in [-0.3, -0.25) is 9.59 Å². The lowest BCUT2D eigenvalue weighted by Gasteiger charge is -2.09. The van der Waals surface area contributed by atoms with E-state index in [0.29, 0.717) is 15.7 Å². The predicted octanol–water partition coefficient (Wildman–Crippen LogP) is 1.90. The van der Waals surface area contributed by atoms with Crippen molar-refractivity contribution in [3.8, 4) is 0 Å². The van der Waals surface area contributed by atoms with Crippen molar-refractivity contribution in [2.45, 2.75) is 12.1 Å². The zero-order chi connectivity index (χ0) is 17.3. The Bertz CT molecular complexity index is 969. The Morgan fingerprint density at radius 3 is 2.92 bits per heavy atom. The molecule has 2 aromatic heterocycles. The summed E-state index contributed by atoms with van der Waals surface area (Å²) < 4.78 is 11.0. The predicted molar refractivity (Wildman–Crippen MR) is 95.2 cm³/mol. The summed E-state index contributed by atoms with van der Waals surface area (Å²) in [5.74, 6) is 1.08. The Morgan fingerprint density at radius 2 is 2.21 bits per heavy atom. The number of ether oxygens (including phenoxy) is 1.